The molecule has 0 aliphatic heterocycles. The predicted octanol–water partition coefficient (Wildman–Crippen LogP) is 3.76. The lowest BCUT2D eigenvalue weighted by molar-refractivity contribution is -0.121. The maximum Gasteiger partial charge on any atom is 0.220 e. The van der Waals surface area contributed by atoms with Crippen LogP contribution in [0.1, 0.15) is 34.3 Å². The molecule has 0 spiro atoms. The van der Waals surface area contributed by atoms with Gasteiger partial charge in [0.2, 0.25) is 5.91 Å². The average molecular weight is 320 g/mol. The van der Waals surface area contributed by atoms with Gasteiger partial charge in [0, 0.05) is 42.0 Å². The molecule has 3 rings (SSSR count). The third kappa shape index (κ3) is 3.71. The van der Waals surface area contributed by atoms with E-state index in [0.717, 1.165) is 22.0 Å². The van der Waals surface area contributed by atoms with Gasteiger partial charge < -0.3 is 10.3 Å². The maximum atomic E-state index is 12.1. The number of nitrogens with one attached hydrogen (secondary N) is 2. The third-order valence-electron chi connectivity index (χ3n) is 4.10. The molecule has 3 aromatic rings. The number of amides is 1. The third-order valence-corrected chi connectivity index (χ3v) is 4.10. The molecule has 0 aliphatic carbocycles. The van der Waals surface area contributed by atoms with Crippen molar-refractivity contribution in [2.24, 2.45) is 0 Å². The zero-order valence-electron chi connectivity index (χ0n) is 13.6. The Bertz CT molecular complexity index is 863. The largest absolute Gasteiger partial charge is 0.361 e. The van der Waals surface area contributed by atoms with Crippen molar-refractivity contribution in [1.29, 1.82) is 0 Å². The molecule has 1 amide bonds. The second-order valence-electron chi connectivity index (χ2n) is 5.93. The van der Waals surface area contributed by atoms with Gasteiger partial charge in [-0.15, -0.1) is 0 Å². The number of carbonyl (C=O) groups is 2. The number of aromatic nitrogens is 1. The van der Waals surface area contributed by atoms with Gasteiger partial charge in [-0.2, -0.15) is 0 Å². The van der Waals surface area contributed by atoms with Crippen molar-refractivity contribution in [3.05, 3.63) is 71.4 Å². The fourth-order valence-corrected chi connectivity index (χ4v) is 2.67. The van der Waals surface area contributed by atoms with E-state index >= 15 is 0 Å². The molecule has 0 atom stereocenters. The van der Waals surface area contributed by atoms with Gasteiger partial charge in [0.15, 0.2) is 5.78 Å². The van der Waals surface area contributed by atoms with Gasteiger partial charge in [0.05, 0.1) is 0 Å². The summed E-state index contributed by atoms with van der Waals surface area (Å²) in [4.78, 5) is 27.3. The molecule has 4 heteroatoms. The van der Waals surface area contributed by atoms with Gasteiger partial charge >= 0.3 is 0 Å². The van der Waals surface area contributed by atoms with E-state index < -0.39 is 0 Å². The van der Waals surface area contributed by atoms with E-state index in [4.69, 9.17) is 0 Å². The van der Waals surface area contributed by atoms with Crippen molar-refractivity contribution in [3.8, 4) is 0 Å². The summed E-state index contributed by atoms with van der Waals surface area (Å²) < 4.78 is 0. The summed E-state index contributed by atoms with van der Waals surface area (Å²) in [6, 6.07) is 15.4. The Kier molecular flexibility index (Phi) is 4.75. The van der Waals surface area contributed by atoms with E-state index in [-0.39, 0.29) is 24.5 Å². The Morgan fingerprint density at radius 1 is 1.00 bits per heavy atom. The highest BCUT2D eigenvalue weighted by molar-refractivity contribution is 5.98. The van der Waals surface area contributed by atoms with E-state index in [9.17, 15) is 9.59 Å². The quantitative estimate of drug-likeness (QED) is 0.679. The molecular weight excluding hydrogens is 300 g/mol. The number of rotatable bonds is 6. The van der Waals surface area contributed by atoms with Crippen molar-refractivity contribution >= 4 is 22.6 Å². The minimum Gasteiger partial charge on any atom is -0.361 e. The van der Waals surface area contributed by atoms with Crippen LogP contribution in [0.15, 0.2) is 54.7 Å². The average Bonchev–Trinajstić information content (AvgIpc) is 3.01. The highest BCUT2D eigenvalue weighted by Gasteiger charge is 2.10. The number of aryl methyl sites for hydroxylation is 1. The highest BCUT2D eigenvalue weighted by atomic mass is 16.2. The van der Waals surface area contributed by atoms with Gasteiger partial charge in [-0.3, -0.25) is 9.59 Å². The fraction of sp³-hybridized carbons (Fsp3) is 0.200. The van der Waals surface area contributed by atoms with E-state index in [1.54, 1.807) is 0 Å². The van der Waals surface area contributed by atoms with E-state index in [0.29, 0.717) is 12.1 Å². The van der Waals surface area contributed by atoms with Crippen molar-refractivity contribution in [2.45, 2.75) is 26.3 Å². The lowest BCUT2D eigenvalue weighted by atomic mass is 10.0. The monoisotopic (exact) mass is 320 g/mol. The number of benzene rings is 2. The van der Waals surface area contributed by atoms with Crippen LogP contribution in [-0.4, -0.2) is 16.7 Å². The first kappa shape index (κ1) is 16.0. The zero-order chi connectivity index (χ0) is 16.9. The van der Waals surface area contributed by atoms with Gasteiger partial charge in [-0.25, -0.2) is 0 Å². The van der Waals surface area contributed by atoms with Crippen molar-refractivity contribution in [2.75, 3.05) is 0 Å². The normalized spacial score (nSPS) is 10.7. The van der Waals surface area contributed by atoms with Crippen LogP contribution < -0.4 is 5.32 Å². The standard InChI is InChI=1S/C20H20N2O2/c1-14-6-8-15(9-7-14)19(23)10-11-20(24)22-13-16-12-21-18-5-3-2-4-17(16)18/h2-9,12,21H,10-11,13H2,1H3,(H,22,24). The molecule has 0 unspecified atom stereocenters. The molecule has 0 fully saturated rings. The topological polar surface area (TPSA) is 62.0 Å². The molecule has 2 aromatic carbocycles. The number of hydrogen-bond donors (Lipinski definition) is 2. The number of carbonyl (C=O) groups excluding carboxylic acids is 2. The van der Waals surface area contributed by atoms with Crippen LogP contribution in [0.25, 0.3) is 10.9 Å². The highest BCUT2D eigenvalue weighted by Crippen LogP contribution is 2.17. The Hall–Kier alpha value is -2.88. The summed E-state index contributed by atoms with van der Waals surface area (Å²) in [5.41, 5.74) is 3.87. The zero-order valence-corrected chi connectivity index (χ0v) is 13.6. The molecule has 1 aromatic heterocycles. The van der Waals surface area contributed by atoms with Crippen LogP contribution in [0.3, 0.4) is 0 Å². The Morgan fingerprint density at radius 3 is 2.54 bits per heavy atom. The van der Waals surface area contributed by atoms with Crippen LogP contribution in [0.5, 0.6) is 0 Å². The smallest absolute Gasteiger partial charge is 0.220 e. The first-order valence-electron chi connectivity index (χ1n) is 8.05. The molecule has 4 nitrogen and oxygen atoms in total. The number of para-hydroxylation sites is 1. The number of fused-ring (bicyclic) bond motifs is 1. The Morgan fingerprint density at radius 2 is 1.75 bits per heavy atom. The molecule has 0 saturated carbocycles. The van der Waals surface area contributed by atoms with Crippen LogP contribution in [0, 0.1) is 6.92 Å². The maximum absolute atomic E-state index is 12.1. The first-order chi connectivity index (χ1) is 11.6. The molecular formula is C20H20N2O2. The van der Waals surface area contributed by atoms with Gasteiger partial charge in [0.1, 0.15) is 0 Å². The van der Waals surface area contributed by atoms with Crippen LogP contribution in [-0.2, 0) is 11.3 Å². The van der Waals surface area contributed by atoms with Gasteiger partial charge in [-0.05, 0) is 18.6 Å². The molecule has 2 N–H and O–H groups in total. The fourth-order valence-electron chi connectivity index (χ4n) is 2.67. The van der Waals surface area contributed by atoms with Crippen molar-refractivity contribution < 1.29 is 9.59 Å². The molecule has 1 heterocycles. The summed E-state index contributed by atoms with van der Waals surface area (Å²) in [7, 11) is 0. The summed E-state index contributed by atoms with van der Waals surface area (Å²) >= 11 is 0. The number of hydrogen-bond acceptors (Lipinski definition) is 2. The van der Waals surface area contributed by atoms with Crippen LogP contribution in [0.4, 0.5) is 0 Å². The summed E-state index contributed by atoms with van der Waals surface area (Å²) in [5.74, 6) is -0.113. The second kappa shape index (κ2) is 7.13. The Labute approximate surface area is 140 Å². The van der Waals surface area contributed by atoms with Crippen LogP contribution in [0.2, 0.25) is 0 Å². The number of H-pyrrole nitrogens is 1. The minimum absolute atomic E-state index is 0.00255. The van der Waals surface area contributed by atoms with E-state index in [2.05, 4.69) is 10.3 Å². The van der Waals surface area contributed by atoms with Crippen LogP contribution >= 0.6 is 0 Å². The van der Waals surface area contributed by atoms with Crippen molar-refractivity contribution in [1.82, 2.24) is 10.3 Å². The van der Waals surface area contributed by atoms with Gasteiger partial charge in [-0.1, -0.05) is 48.0 Å². The van der Waals surface area contributed by atoms with E-state index in [1.165, 1.54) is 0 Å². The summed E-state index contributed by atoms with van der Waals surface area (Å²) in [5, 5.41) is 3.99. The summed E-state index contributed by atoms with van der Waals surface area (Å²) in [6.07, 6.45) is 2.33. The lowest BCUT2D eigenvalue weighted by Crippen LogP contribution is -2.23. The molecule has 122 valence electrons. The molecule has 0 radical (unpaired) electrons. The number of ketones is 1. The second-order valence-corrected chi connectivity index (χ2v) is 5.93. The van der Waals surface area contributed by atoms with E-state index in [1.807, 2.05) is 61.7 Å². The van der Waals surface area contributed by atoms with Crippen molar-refractivity contribution in [3.63, 3.8) is 0 Å². The molecule has 0 bridgehead atoms. The Balaban J connectivity index is 1.51. The molecule has 0 aliphatic rings. The molecule has 24 heavy (non-hydrogen) atoms. The molecule has 0 saturated heterocycles. The predicted molar refractivity (Wildman–Crippen MR) is 94.9 cm³/mol. The number of Topliss-reactive ketones (excluding diaryl/α,β-unsaturated/α-hetero) is 1. The van der Waals surface area contributed by atoms with Gasteiger partial charge in [0.25, 0.3) is 0 Å². The minimum atomic E-state index is -0.110. The summed E-state index contributed by atoms with van der Waals surface area (Å²) in [6.45, 7) is 2.44. The first-order valence-corrected chi connectivity index (χ1v) is 8.05. The lowest BCUT2D eigenvalue weighted by Gasteiger charge is -2.05. The SMILES string of the molecule is Cc1ccc(C(=O)CCC(=O)NCc2c[nH]c3ccccc23)cc1. The number of aromatic amines is 1.